The second-order valence-electron chi connectivity index (χ2n) is 11.1. The summed E-state index contributed by atoms with van der Waals surface area (Å²) in [5.41, 5.74) is 9.61. The fourth-order valence-corrected chi connectivity index (χ4v) is 3.97. The molecule has 5 heterocycles. The summed E-state index contributed by atoms with van der Waals surface area (Å²) in [6.45, 7) is 12.3. The highest BCUT2D eigenvalue weighted by atomic mass is 15.1. The third kappa shape index (κ3) is 14.9. The molecule has 0 atom stereocenters. The summed E-state index contributed by atoms with van der Waals surface area (Å²) in [7, 11) is 0. The molecule has 48 heavy (non-hydrogen) atoms. The van der Waals surface area contributed by atoms with Gasteiger partial charge in [0.15, 0.2) is 0 Å². The summed E-state index contributed by atoms with van der Waals surface area (Å²) < 4.78 is 0. The van der Waals surface area contributed by atoms with Crippen LogP contribution in [0.5, 0.6) is 0 Å². The molecule has 8 rings (SSSR count). The summed E-state index contributed by atoms with van der Waals surface area (Å²) in [5.74, 6) is 0. The van der Waals surface area contributed by atoms with E-state index in [1.165, 1.54) is 38.6 Å². The first-order valence-corrected chi connectivity index (χ1v) is 15.7. The van der Waals surface area contributed by atoms with E-state index in [0.29, 0.717) is 0 Å². The fraction of sp³-hybridized carbons (Fsp3) is 0.146. The molecule has 7 nitrogen and oxygen atoms in total. The number of aryl methyl sites for hydroxylation is 6. The van der Waals surface area contributed by atoms with Crippen LogP contribution in [0.1, 0.15) is 33.5 Å². The first-order valence-electron chi connectivity index (χ1n) is 15.7. The lowest BCUT2D eigenvalue weighted by Crippen LogP contribution is -1.72. The van der Waals surface area contributed by atoms with Crippen LogP contribution >= 0.6 is 0 Å². The molecule has 0 radical (unpaired) electrons. The van der Waals surface area contributed by atoms with E-state index in [1.54, 1.807) is 24.8 Å². The van der Waals surface area contributed by atoms with E-state index in [4.69, 9.17) is 0 Å². The Balaban J connectivity index is 0.000000158. The van der Waals surface area contributed by atoms with Crippen LogP contribution in [0.25, 0.3) is 21.8 Å². The minimum atomic E-state index is 1.07. The molecule has 0 aliphatic carbocycles. The van der Waals surface area contributed by atoms with Gasteiger partial charge in [-0.25, -0.2) is 0 Å². The Kier molecular flexibility index (Phi) is 15.9. The van der Waals surface area contributed by atoms with Gasteiger partial charge in [-0.1, -0.05) is 71.8 Å². The van der Waals surface area contributed by atoms with Gasteiger partial charge in [-0.2, -0.15) is 10.2 Å². The molecule has 2 N–H and O–H groups in total. The van der Waals surface area contributed by atoms with E-state index in [2.05, 4.69) is 98.6 Å². The molecule has 7 heteroatoms. The van der Waals surface area contributed by atoms with Crippen LogP contribution in [0, 0.1) is 41.5 Å². The number of hydrogen-bond acceptors (Lipinski definition) is 5. The Morgan fingerprint density at radius 3 is 1.54 bits per heavy atom. The number of rotatable bonds is 0. The van der Waals surface area contributed by atoms with Crippen molar-refractivity contribution in [1.82, 2.24) is 35.3 Å². The van der Waals surface area contributed by atoms with Crippen molar-refractivity contribution >= 4 is 21.8 Å². The molecule has 3 aromatic carbocycles. The number of aromatic nitrogens is 7. The molecule has 0 saturated heterocycles. The molecule has 0 spiro atoms. The predicted molar refractivity (Wildman–Crippen MR) is 200 cm³/mol. The maximum atomic E-state index is 3.98. The molecule has 0 fully saturated rings. The lowest BCUT2D eigenvalue weighted by Gasteiger charge is -1.89. The first kappa shape index (κ1) is 36.5. The van der Waals surface area contributed by atoms with Gasteiger partial charge in [0.1, 0.15) is 0 Å². The van der Waals surface area contributed by atoms with Crippen molar-refractivity contribution in [3.05, 3.63) is 186 Å². The maximum absolute atomic E-state index is 3.98. The van der Waals surface area contributed by atoms with E-state index in [1.807, 2.05) is 106 Å². The van der Waals surface area contributed by atoms with Gasteiger partial charge in [0, 0.05) is 47.5 Å². The van der Waals surface area contributed by atoms with Crippen molar-refractivity contribution in [2.24, 2.45) is 0 Å². The van der Waals surface area contributed by atoms with Crippen molar-refractivity contribution in [2.75, 3.05) is 0 Å². The lowest BCUT2D eigenvalue weighted by atomic mass is 10.2. The quantitative estimate of drug-likeness (QED) is 0.173. The number of nitrogens with one attached hydrogen (secondary N) is 2. The Labute approximate surface area is 284 Å². The van der Waals surface area contributed by atoms with Crippen LogP contribution in [0.2, 0.25) is 0 Å². The Hall–Kier alpha value is -5.95. The van der Waals surface area contributed by atoms with Gasteiger partial charge in [0.25, 0.3) is 0 Å². The van der Waals surface area contributed by atoms with Gasteiger partial charge >= 0.3 is 0 Å². The van der Waals surface area contributed by atoms with E-state index >= 15 is 0 Å². The molecule has 0 aliphatic heterocycles. The first-order chi connectivity index (χ1) is 23.3. The zero-order valence-electron chi connectivity index (χ0n) is 28.7. The average Bonchev–Trinajstić information content (AvgIpc) is 3.77. The molecule has 244 valence electrons. The lowest BCUT2D eigenvalue weighted by molar-refractivity contribution is 1.12. The van der Waals surface area contributed by atoms with Crippen molar-refractivity contribution in [1.29, 1.82) is 0 Å². The smallest absolute Gasteiger partial charge is 0.0652 e. The van der Waals surface area contributed by atoms with E-state index in [-0.39, 0.29) is 0 Å². The van der Waals surface area contributed by atoms with Crippen molar-refractivity contribution in [3.63, 3.8) is 0 Å². The highest BCUT2D eigenvalue weighted by Gasteiger charge is 1.93. The molecule has 0 amide bonds. The van der Waals surface area contributed by atoms with Crippen molar-refractivity contribution < 1.29 is 0 Å². The normalized spacial score (nSPS) is 9.46. The zero-order valence-corrected chi connectivity index (χ0v) is 28.7. The summed E-state index contributed by atoms with van der Waals surface area (Å²) >= 11 is 0. The second kappa shape index (κ2) is 21.0. The van der Waals surface area contributed by atoms with Crippen LogP contribution in [0.4, 0.5) is 0 Å². The maximum Gasteiger partial charge on any atom is 0.0652 e. The molecule has 0 unspecified atom stereocenters. The van der Waals surface area contributed by atoms with Crippen molar-refractivity contribution in [2.45, 2.75) is 41.5 Å². The summed E-state index contributed by atoms with van der Waals surface area (Å²) in [6.07, 6.45) is 12.6. The Morgan fingerprint density at radius 2 is 1.02 bits per heavy atom. The van der Waals surface area contributed by atoms with Gasteiger partial charge in [0.05, 0.1) is 23.4 Å². The Morgan fingerprint density at radius 1 is 0.396 bits per heavy atom. The third-order valence-electron chi connectivity index (χ3n) is 6.60. The minimum absolute atomic E-state index is 1.07. The molecule has 0 aliphatic rings. The zero-order chi connectivity index (χ0) is 34.4. The topological polar surface area (TPSA) is 96.0 Å². The van der Waals surface area contributed by atoms with Crippen LogP contribution < -0.4 is 0 Å². The number of hydrogen-bond donors (Lipinski definition) is 2. The number of nitrogens with zero attached hydrogens (tertiary/aromatic N) is 5. The van der Waals surface area contributed by atoms with E-state index < -0.39 is 0 Å². The highest BCUT2D eigenvalue weighted by Crippen LogP contribution is 2.12. The van der Waals surface area contributed by atoms with Crippen molar-refractivity contribution in [3.8, 4) is 0 Å². The van der Waals surface area contributed by atoms with E-state index in [0.717, 1.165) is 16.7 Å². The second-order valence-corrected chi connectivity index (χ2v) is 11.1. The van der Waals surface area contributed by atoms with Crippen LogP contribution in [0.3, 0.4) is 0 Å². The van der Waals surface area contributed by atoms with E-state index in [9.17, 15) is 0 Å². The molecule has 5 aromatic heterocycles. The minimum Gasteiger partial charge on any atom is -0.278 e. The van der Waals surface area contributed by atoms with Gasteiger partial charge in [-0.3, -0.25) is 25.1 Å². The number of pyridine rings is 3. The van der Waals surface area contributed by atoms with Gasteiger partial charge < -0.3 is 0 Å². The highest BCUT2D eigenvalue weighted by molar-refractivity contribution is 5.78. The summed E-state index contributed by atoms with van der Waals surface area (Å²) in [6, 6.07) is 36.5. The fourth-order valence-electron chi connectivity index (χ4n) is 3.97. The molecule has 0 bridgehead atoms. The number of H-pyrrole nitrogens is 2. The summed E-state index contributed by atoms with van der Waals surface area (Å²) in [4.78, 5) is 11.7. The predicted octanol–water partition coefficient (Wildman–Crippen LogP) is 9.91. The van der Waals surface area contributed by atoms with Gasteiger partial charge in [0.2, 0.25) is 0 Å². The molecular weight excluding hydrogens is 591 g/mol. The Bertz CT molecular complexity index is 1750. The number of fused-ring (bicyclic) bond motifs is 2. The molecular formula is C41H45N7. The standard InChI is InChI=1S/2C8H8N2.C7H8.3C6H7N/c1-6-2-3-8-7(4-6)5-9-10-8;1-6-2-3-7-5-9-10-8(7)4-6;1-7-5-3-2-4-6-7;1-6-2-4-7-5-3-6;1-6-3-2-4-7-5-6;1-6-4-2-3-5-7-6/h2*2-5H,1H3,(H,9,10);2-6H,1H3;3*2-5H,1H3. The van der Waals surface area contributed by atoms with Crippen LogP contribution in [0.15, 0.2) is 153 Å². The van der Waals surface area contributed by atoms with Gasteiger partial charge in [-0.05, 0) is 107 Å². The number of benzene rings is 3. The monoisotopic (exact) mass is 635 g/mol. The molecule has 0 saturated carbocycles. The van der Waals surface area contributed by atoms with Gasteiger partial charge in [-0.15, -0.1) is 0 Å². The number of aromatic amines is 2. The SMILES string of the molecule is Cc1ccc2[nH]ncc2c1.Cc1ccc2cn[nH]c2c1.Cc1ccccc1.Cc1ccccn1.Cc1cccnc1.Cc1ccncc1. The van der Waals surface area contributed by atoms with Crippen LogP contribution in [-0.2, 0) is 0 Å². The third-order valence-corrected chi connectivity index (χ3v) is 6.60. The molecule has 8 aromatic rings. The van der Waals surface area contributed by atoms with Crippen LogP contribution in [-0.4, -0.2) is 35.3 Å². The summed E-state index contributed by atoms with van der Waals surface area (Å²) in [5, 5.41) is 16.0. The largest absolute Gasteiger partial charge is 0.278 e. The average molecular weight is 636 g/mol.